The van der Waals surface area contributed by atoms with Crippen molar-refractivity contribution in [2.24, 2.45) is 4.99 Å². The van der Waals surface area contributed by atoms with Crippen molar-refractivity contribution in [1.82, 2.24) is 10.3 Å². The Morgan fingerprint density at radius 3 is 3.19 bits per heavy atom. The first-order valence-electron chi connectivity index (χ1n) is 5.61. The van der Waals surface area contributed by atoms with Crippen LogP contribution in [0.5, 0.6) is 0 Å². The predicted molar refractivity (Wildman–Crippen MR) is 69.8 cm³/mol. The summed E-state index contributed by atoms with van der Waals surface area (Å²) in [5.41, 5.74) is 2.54. The molecule has 0 aromatic carbocycles. The number of nitrogens with zero attached hydrogens (tertiary/aromatic N) is 1. The van der Waals surface area contributed by atoms with Crippen LogP contribution in [0.3, 0.4) is 0 Å². The number of aryl methyl sites for hydroxylation is 1. The lowest BCUT2D eigenvalue weighted by molar-refractivity contribution is 1.04. The Morgan fingerprint density at radius 2 is 2.44 bits per heavy atom. The van der Waals surface area contributed by atoms with E-state index in [0.717, 1.165) is 13.0 Å². The Kier molecular flexibility index (Phi) is 3.25. The van der Waals surface area contributed by atoms with Gasteiger partial charge in [0.05, 0.1) is 6.54 Å². The smallest absolute Gasteiger partial charge is 0.0593 e. The van der Waals surface area contributed by atoms with E-state index in [4.69, 9.17) is 0 Å². The number of fused-ring (bicyclic) bond motifs is 1. The molecule has 2 rings (SSSR count). The summed E-state index contributed by atoms with van der Waals surface area (Å²) < 4.78 is 0. The van der Waals surface area contributed by atoms with Gasteiger partial charge in [0.1, 0.15) is 0 Å². The molecule has 2 N–H and O–H groups in total. The minimum Gasteiger partial charge on any atom is -0.394 e. The minimum atomic E-state index is 0.752. The molecular formula is C13H17N3. The van der Waals surface area contributed by atoms with Gasteiger partial charge in [-0.2, -0.15) is 0 Å². The van der Waals surface area contributed by atoms with Crippen LogP contribution in [-0.2, 0) is 6.42 Å². The topological polar surface area (TPSA) is 40.2 Å². The molecule has 0 spiro atoms. The molecule has 0 aliphatic carbocycles. The van der Waals surface area contributed by atoms with Crippen LogP contribution in [0.25, 0.3) is 18.2 Å². The highest BCUT2D eigenvalue weighted by Crippen LogP contribution is 2.02. The number of aliphatic imine (C=N–C) groups is 1. The fourth-order valence-electron chi connectivity index (χ4n) is 1.91. The fraction of sp³-hybridized carbons (Fsp3) is 0.308. The third kappa shape index (κ3) is 1.94. The van der Waals surface area contributed by atoms with Crippen LogP contribution < -0.4 is 15.9 Å². The highest BCUT2D eigenvalue weighted by molar-refractivity contribution is 5.92. The lowest BCUT2D eigenvalue weighted by atomic mass is 10.1. The Hall–Kier alpha value is -1.77. The van der Waals surface area contributed by atoms with Gasteiger partial charge in [-0.15, -0.1) is 0 Å². The van der Waals surface area contributed by atoms with Gasteiger partial charge in [-0.1, -0.05) is 6.92 Å². The molecule has 2 heterocycles. The van der Waals surface area contributed by atoms with E-state index in [1.54, 1.807) is 0 Å². The van der Waals surface area contributed by atoms with Crippen molar-refractivity contribution in [3.63, 3.8) is 0 Å². The van der Waals surface area contributed by atoms with Crippen molar-refractivity contribution in [3.8, 4) is 0 Å². The Balaban J connectivity index is 2.65. The summed E-state index contributed by atoms with van der Waals surface area (Å²) >= 11 is 0. The summed E-state index contributed by atoms with van der Waals surface area (Å²) in [5.74, 6) is 0. The molecule has 1 aromatic heterocycles. The summed E-state index contributed by atoms with van der Waals surface area (Å²) in [7, 11) is 1.91. The van der Waals surface area contributed by atoms with Gasteiger partial charge in [0, 0.05) is 35.1 Å². The first-order valence-corrected chi connectivity index (χ1v) is 5.61. The molecule has 0 amide bonds. The minimum absolute atomic E-state index is 0.752. The molecule has 0 saturated carbocycles. The van der Waals surface area contributed by atoms with Gasteiger partial charge in [-0.05, 0) is 30.8 Å². The molecule has 16 heavy (non-hydrogen) atoms. The Morgan fingerprint density at radius 1 is 1.56 bits per heavy atom. The zero-order valence-corrected chi connectivity index (χ0v) is 9.75. The van der Waals surface area contributed by atoms with Crippen molar-refractivity contribution in [1.29, 1.82) is 0 Å². The third-order valence-electron chi connectivity index (χ3n) is 2.71. The van der Waals surface area contributed by atoms with Gasteiger partial charge in [0.25, 0.3) is 0 Å². The number of aromatic nitrogens is 1. The molecule has 0 atom stereocenters. The fourth-order valence-corrected chi connectivity index (χ4v) is 1.91. The first kappa shape index (κ1) is 10.7. The normalized spacial score (nSPS) is 14.1. The lowest BCUT2D eigenvalue weighted by Gasteiger charge is -1.94. The number of aromatic amines is 1. The predicted octanol–water partition coefficient (Wildman–Crippen LogP) is 0.413. The Bertz CT molecular complexity index is 532. The van der Waals surface area contributed by atoms with Gasteiger partial charge in [-0.3, -0.25) is 4.99 Å². The van der Waals surface area contributed by atoms with Crippen molar-refractivity contribution < 1.29 is 0 Å². The van der Waals surface area contributed by atoms with Gasteiger partial charge < -0.3 is 10.3 Å². The van der Waals surface area contributed by atoms with E-state index < -0.39 is 0 Å². The van der Waals surface area contributed by atoms with Crippen LogP contribution in [0.2, 0.25) is 0 Å². The monoisotopic (exact) mass is 215 g/mol. The highest BCUT2D eigenvalue weighted by atomic mass is 14.8. The van der Waals surface area contributed by atoms with Crippen LogP contribution in [0.15, 0.2) is 11.2 Å². The van der Waals surface area contributed by atoms with E-state index in [2.05, 4.69) is 40.4 Å². The highest BCUT2D eigenvalue weighted by Gasteiger charge is 2.04. The maximum Gasteiger partial charge on any atom is 0.0593 e. The zero-order valence-electron chi connectivity index (χ0n) is 9.75. The number of nitrogens with one attached hydrogen (secondary N) is 2. The van der Waals surface area contributed by atoms with Gasteiger partial charge >= 0.3 is 0 Å². The van der Waals surface area contributed by atoms with Crippen LogP contribution in [0.1, 0.15) is 18.2 Å². The molecular weight excluding hydrogens is 198 g/mol. The van der Waals surface area contributed by atoms with E-state index in [1.807, 2.05) is 19.5 Å². The van der Waals surface area contributed by atoms with Crippen molar-refractivity contribution in [2.75, 3.05) is 13.6 Å². The van der Waals surface area contributed by atoms with E-state index in [0.29, 0.717) is 0 Å². The number of H-pyrrole nitrogens is 1. The summed E-state index contributed by atoms with van der Waals surface area (Å²) in [6, 6.07) is 0. The van der Waals surface area contributed by atoms with E-state index in [1.165, 1.54) is 21.8 Å². The van der Waals surface area contributed by atoms with Crippen LogP contribution in [0, 0.1) is 0 Å². The second-order valence-electron chi connectivity index (χ2n) is 3.71. The quantitative estimate of drug-likeness (QED) is 0.753. The molecule has 1 aliphatic heterocycles. The molecule has 84 valence electrons. The lowest BCUT2D eigenvalue weighted by Crippen LogP contribution is -2.23. The van der Waals surface area contributed by atoms with E-state index in [9.17, 15) is 0 Å². The molecule has 1 aliphatic rings. The molecule has 1 aromatic rings. The molecule has 0 fully saturated rings. The maximum atomic E-state index is 4.24. The van der Waals surface area contributed by atoms with Crippen molar-refractivity contribution in [3.05, 3.63) is 28.0 Å². The Labute approximate surface area is 95.3 Å². The zero-order chi connectivity index (χ0) is 11.4. The summed E-state index contributed by atoms with van der Waals surface area (Å²) in [4.78, 5) is 7.69. The third-order valence-corrected chi connectivity index (χ3v) is 2.71. The first-order chi connectivity index (χ1) is 7.86. The summed E-state index contributed by atoms with van der Waals surface area (Å²) in [5, 5.41) is 5.45. The molecule has 0 unspecified atom stereocenters. The van der Waals surface area contributed by atoms with Gasteiger partial charge in [0.2, 0.25) is 0 Å². The number of hydrogen-bond donors (Lipinski definition) is 2. The number of rotatable bonds is 3. The van der Waals surface area contributed by atoms with Crippen LogP contribution >= 0.6 is 0 Å². The number of hydrogen-bond acceptors (Lipinski definition) is 2. The molecule has 0 bridgehead atoms. The van der Waals surface area contributed by atoms with Gasteiger partial charge in [-0.25, -0.2) is 0 Å². The van der Waals surface area contributed by atoms with Crippen LogP contribution in [0.4, 0.5) is 0 Å². The van der Waals surface area contributed by atoms with Crippen molar-refractivity contribution >= 4 is 24.4 Å². The van der Waals surface area contributed by atoms with Gasteiger partial charge in [0.15, 0.2) is 0 Å². The second kappa shape index (κ2) is 4.84. The summed E-state index contributed by atoms with van der Waals surface area (Å²) in [6.45, 7) is 2.91. The van der Waals surface area contributed by atoms with E-state index >= 15 is 0 Å². The standard InChI is InChI=1S/C13H17N3/c1-3-12-10(4-7-14-2)11-5-8-15-9-6-13(11)16-12/h4-8,14,16H,3,9H2,1-2H3/b7-4-. The largest absolute Gasteiger partial charge is 0.394 e. The average molecular weight is 215 g/mol. The van der Waals surface area contributed by atoms with Crippen molar-refractivity contribution in [2.45, 2.75) is 13.3 Å². The molecule has 0 radical (unpaired) electrons. The van der Waals surface area contributed by atoms with Crippen LogP contribution in [-0.4, -0.2) is 24.8 Å². The van der Waals surface area contributed by atoms with E-state index in [-0.39, 0.29) is 0 Å². The second-order valence-corrected chi connectivity index (χ2v) is 3.71. The average Bonchev–Trinajstić information content (AvgIpc) is 2.48. The summed E-state index contributed by atoms with van der Waals surface area (Å²) in [6.07, 6.45) is 11.2. The maximum absolute atomic E-state index is 4.24. The SMILES string of the molecule is CCc1[nH]c2c(c1/C=C\NC)=CC=NCC=2. The molecule has 3 nitrogen and oxygen atoms in total. The molecule has 0 saturated heterocycles. The molecule has 3 heteroatoms.